The van der Waals surface area contributed by atoms with Crippen molar-refractivity contribution in [3.05, 3.63) is 50.9 Å². The van der Waals surface area contributed by atoms with E-state index in [1.54, 1.807) is 0 Å². The van der Waals surface area contributed by atoms with Crippen molar-refractivity contribution >= 4 is 40.1 Å². The molecule has 0 unspecified atom stereocenters. The van der Waals surface area contributed by atoms with E-state index in [0.29, 0.717) is 10.9 Å². The maximum absolute atomic E-state index is 12.0. The largest absolute Gasteiger partial charge is 1.00 e. The minimum Gasteiger partial charge on any atom is -1.00 e. The molecule has 0 atom stereocenters. The summed E-state index contributed by atoms with van der Waals surface area (Å²) in [5.41, 5.74) is 2.59. The zero-order valence-corrected chi connectivity index (χ0v) is 15.6. The van der Waals surface area contributed by atoms with E-state index >= 15 is 0 Å². The minimum atomic E-state index is 0. The Balaban J connectivity index is 0.00000200. The summed E-state index contributed by atoms with van der Waals surface area (Å²) in [4.78, 5) is 20.6. The molecule has 0 saturated heterocycles. The van der Waals surface area contributed by atoms with Crippen molar-refractivity contribution in [3.63, 3.8) is 0 Å². The van der Waals surface area contributed by atoms with Crippen molar-refractivity contribution in [1.29, 1.82) is 0 Å². The van der Waals surface area contributed by atoms with E-state index in [4.69, 9.17) is 0 Å². The van der Waals surface area contributed by atoms with Gasteiger partial charge >= 0.3 is 0 Å². The number of rotatable bonds is 4. The summed E-state index contributed by atoms with van der Waals surface area (Å²) in [6, 6.07) is 9.50. The normalized spacial score (nSPS) is 9.95. The molecule has 0 fully saturated rings. The Labute approximate surface area is 146 Å². The maximum atomic E-state index is 12.0. The Bertz CT molecular complexity index is 584. The number of hydrogen-bond acceptors (Lipinski definition) is 4. The van der Waals surface area contributed by atoms with Crippen molar-refractivity contribution in [1.82, 2.24) is 9.97 Å². The van der Waals surface area contributed by atoms with Crippen LogP contribution in [0.2, 0.25) is 0 Å². The zero-order chi connectivity index (χ0) is 13.8. The SMILES string of the molecule is Cc1cc(C)nc(SCC(=O)c2ccc(I)cc2)n1.[Br-]. The molecule has 0 N–H and O–H groups in total. The van der Waals surface area contributed by atoms with Crippen LogP contribution in [0, 0.1) is 17.4 Å². The van der Waals surface area contributed by atoms with Gasteiger partial charge in [-0.3, -0.25) is 4.79 Å². The van der Waals surface area contributed by atoms with E-state index in [9.17, 15) is 4.79 Å². The fourth-order valence-corrected chi connectivity index (χ4v) is 2.81. The number of aryl methyl sites for hydroxylation is 2. The van der Waals surface area contributed by atoms with Crippen molar-refractivity contribution in [2.75, 3.05) is 5.75 Å². The Hall–Kier alpha value is -0.470. The van der Waals surface area contributed by atoms with Crippen LogP contribution in [0.4, 0.5) is 0 Å². The molecule has 0 bridgehead atoms. The second kappa shape index (κ2) is 8.09. The lowest BCUT2D eigenvalue weighted by atomic mass is 10.2. The Morgan fingerprint density at radius 2 is 1.70 bits per heavy atom. The molecule has 1 heterocycles. The van der Waals surface area contributed by atoms with Gasteiger partial charge in [0.25, 0.3) is 0 Å². The van der Waals surface area contributed by atoms with E-state index in [1.165, 1.54) is 11.8 Å². The molecule has 3 nitrogen and oxygen atoms in total. The number of halogens is 2. The van der Waals surface area contributed by atoms with Gasteiger partial charge in [0, 0.05) is 20.5 Å². The zero-order valence-electron chi connectivity index (χ0n) is 11.1. The summed E-state index contributed by atoms with van der Waals surface area (Å²) < 4.78 is 1.12. The fraction of sp³-hybridized carbons (Fsp3) is 0.214. The van der Waals surface area contributed by atoms with Gasteiger partial charge in [0.2, 0.25) is 0 Å². The summed E-state index contributed by atoms with van der Waals surface area (Å²) in [6.45, 7) is 3.86. The highest BCUT2D eigenvalue weighted by Crippen LogP contribution is 2.16. The van der Waals surface area contributed by atoms with Gasteiger partial charge in [0.05, 0.1) is 5.75 Å². The third-order valence-electron chi connectivity index (χ3n) is 2.46. The van der Waals surface area contributed by atoms with Gasteiger partial charge in [-0.15, -0.1) is 0 Å². The molecule has 0 aliphatic heterocycles. The highest BCUT2D eigenvalue weighted by Gasteiger charge is 2.08. The first-order chi connectivity index (χ1) is 9.04. The standard InChI is InChI=1S/C14H13IN2OS.BrH/c1-9-7-10(2)17-14(16-9)19-8-13(18)11-3-5-12(15)6-4-11;/h3-7H,8H2,1-2H3;1H/p-1. The van der Waals surface area contributed by atoms with Crippen LogP contribution in [0.1, 0.15) is 21.7 Å². The second-order valence-electron chi connectivity index (χ2n) is 4.15. The highest BCUT2D eigenvalue weighted by molar-refractivity contribution is 14.1. The van der Waals surface area contributed by atoms with E-state index in [1.807, 2.05) is 44.2 Å². The first kappa shape index (κ1) is 17.6. The van der Waals surface area contributed by atoms with E-state index in [-0.39, 0.29) is 22.8 Å². The van der Waals surface area contributed by atoms with Crippen LogP contribution in [0.15, 0.2) is 35.5 Å². The van der Waals surface area contributed by atoms with E-state index in [0.717, 1.165) is 20.5 Å². The van der Waals surface area contributed by atoms with Crippen LogP contribution < -0.4 is 17.0 Å². The first-order valence-electron chi connectivity index (χ1n) is 5.78. The van der Waals surface area contributed by atoms with Crippen LogP contribution in [0.3, 0.4) is 0 Å². The average molecular weight is 464 g/mol. The average Bonchev–Trinajstić information content (AvgIpc) is 2.36. The summed E-state index contributed by atoms with van der Waals surface area (Å²) >= 11 is 3.60. The fourth-order valence-electron chi connectivity index (χ4n) is 1.61. The number of benzene rings is 1. The quantitative estimate of drug-likeness (QED) is 0.289. The van der Waals surface area contributed by atoms with Gasteiger partial charge in [-0.1, -0.05) is 23.9 Å². The van der Waals surface area contributed by atoms with Crippen molar-refractivity contribution < 1.29 is 21.8 Å². The molecule has 0 saturated carbocycles. The van der Waals surface area contributed by atoms with Gasteiger partial charge in [0.15, 0.2) is 10.9 Å². The number of thioether (sulfide) groups is 1. The monoisotopic (exact) mass is 463 g/mol. The van der Waals surface area contributed by atoms with Gasteiger partial charge in [-0.25, -0.2) is 9.97 Å². The molecule has 20 heavy (non-hydrogen) atoms. The van der Waals surface area contributed by atoms with Crippen molar-refractivity contribution in [2.24, 2.45) is 0 Å². The predicted octanol–water partition coefficient (Wildman–Crippen LogP) is 0.677. The Morgan fingerprint density at radius 1 is 1.15 bits per heavy atom. The summed E-state index contributed by atoms with van der Waals surface area (Å²) in [5, 5.41) is 0.663. The summed E-state index contributed by atoms with van der Waals surface area (Å²) in [6.07, 6.45) is 0. The Kier molecular flexibility index (Phi) is 7.11. The molecular weight excluding hydrogens is 451 g/mol. The van der Waals surface area contributed by atoms with Gasteiger partial charge in [-0.05, 0) is 54.6 Å². The molecular formula is C14H13BrIN2OS-. The molecule has 2 rings (SSSR count). The number of carbonyl (C=O) groups excluding carboxylic acids is 1. The molecule has 6 heteroatoms. The lowest BCUT2D eigenvalue weighted by molar-refractivity contribution is -0.0000118. The Morgan fingerprint density at radius 3 is 2.25 bits per heavy atom. The molecule has 0 aliphatic rings. The van der Waals surface area contributed by atoms with E-state index in [2.05, 4.69) is 32.6 Å². The number of aromatic nitrogens is 2. The third kappa shape index (κ3) is 5.14. The number of hydrogen-bond donors (Lipinski definition) is 0. The van der Waals surface area contributed by atoms with E-state index < -0.39 is 0 Å². The van der Waals surface area contributed by atoms with Crippen LogP contribution >= 0.6 is 34.4 Å². The van der Waals surface area contributed by atoms with Crippen LogP contribution in [0.25, 0.3) is 0 Å². The second-order valence-corrected chi connectivity index (χ2v) is 6.34. The molecule has 0 radical (unpaired) electrons. The lowest BCUT2D eigenvalue weighted by Gasteiger charge is -2.03. The third-order valence-corrected chi connectivity index (χ3v) is 4.03. The van der Waals surface area contributed by atoms with Crippen LogP contribution in [-0.4, -0.2) is 21.5 Å². The van der Waals surface area contributed by atoms with Crippen LogP contribution in [0.5, 0.6) is 0 Å². The minimum absolute atomic E-state index is 0. The molecule has 2 aromatic rings. The van der Waals surface area contributed by atoms with Crippen molar-refractivity contribution in [2.45, 2.75) is 19.0 Å². The number of Topliss-reactive ketones (excluding diaryl/α,β-unsaturated/α-hetero) is 1. The topological polar surface area (TPSA) is 42.9 Å². The predicted molar refractivity (Wildman–Crippen MR) is 85.7 cm³/mol. The summed E-state index contributed by atoms with van der Waals surface area (Å²) in [5.74, 6) is 0.466. The summed E-state index contributed by atoms with van der Waals surface area (Å²) in [7, 11) is 0. The number of carbonyl (C=O) groups is 1. The highest BCUT2D eigenvalue weighted by atomic mass is 127. The van der Waals surface area contributed by atoms with Gasteiger partial charge in [-0.2, -0.15) is 0 Å². The molecule has 106 valence electrons. The molecule has 1 aromatic heterocycles. The number of ketones is 1. The molecule has 0 aliphatic carbocycles. The molecule has 0 spiro atoms. The van der Waals surface area contributed by atoms with Crippen molar-refractivity contribution in [3.8, 4) is 0 Å². The smallest absolute Gasteiger partial charge is 0.188 e. The van der Waals surface area contributed by atoms with Crippen LogP contribution in [-0.2, 0) is 0 Å². The maximum Gasteiger partial charge on any atom is 0.188 e. The molecule has 1 aromatic carbocycles. The lowest BCUT2D eigenvalue weighted by Crippen LogP contribution is -3.00. The van der Waals surface area contributed by atoms with Gasteiger partial charge < -0.3 is 17.0 Å². The molecule has 0 amide bonds. The van der Waals surface area contributed by atoms with Gasteiger partial charge in [0.1, 0.15) is 0 Å². The first-order valence-corrected chi connectivity index (χ1v) is 7.85. The number of nitrogens with zero attached hydrogens (tertiary/aromatic N) is 2.